The number of fused-ring (bicyclic) bond motifs is 1. The highest BCUT2D eigenvalue weighted by atomic mass is 32.2. The zero-order chi connectivity index (χ0) is 18.2. The van der Waals surface area contributed by atoms with Gasteiger partial charge < -0.3 is 10.2 Å². The average molecular weight is 373 g/mol. The molecular weight excluding hydrogens is 356 g/mol. The smallest absolute Gasteiger partial charge is 0.269 e. The van der Waals surface area contributed by atoms with Crippen molar-refractivity contribution >= 4 is 21.8 Å². The Kier molecular flexibility index (Phi) is 4.74. The molecule has 3 rings (SSSR count). The van der Waals surface area contributed by atoms with Crippen LogP contribution in [0.1, 0.15) is 16.8 Å². The molecule has 7 nitrogen and oxygen atoms in total. The highest BCUT2D eigenvalue weighted by Gasteiger charge is 2.42. The van der Waals surface area contributed by atoms with E-state index in [-0.39, 0.29) is 23.5 Å². The molecule has 25 heavy (non-hydrogen) atoms. The fourth-order valence-electron chi connectivity index (χ4n) is 3.04. The quantitative estimate of drug-likeness (QED) is 0.820. The molecule has 136 valence electrons. The molecule has 1 atom stereocenters. The van der Waals surface area contributed by atoms with Crippen LogP contribution in [-0.4, -0.2) is 68.1 Å². The van der Waals surface area contributed by atoms with Gasteiger partial charge in [-0.1, -0.05) is 12.1 Å². The lowest BCUT2D eigenvalue weighted by atomic mass is 10.1. The van der Waals surface area contributed by atoms with Crippen LogP contribution in [0.5, 0.6) is 0 Å². The van der Waals surface area contributed by atoms with Crippen molar-refractivity contribution in [3.05, 3.63) is 29.8 Å². The number of sulfonamides is 1. The highest BCUT2D eigenvalue weighted by Crippen LogP contribution is 2.29. The molecule has 1 saturated heterocycles. The predicted molar refractivity (Wildman–Crippen MR) is 83.7 cm³/mol. The van der Waals surface area contributed by atoms with Gasteiger partial charge in [-0.25, -0.2) is 21.5 Å². The van der Waals surface area contributed by atoms with Crippen LogP contribution in [0.4, 0.5) is 8.78 Å². The van der Waals surface area contributed by atoms with Crippen LogP contribution in [0.3, 0.4) is 0 Å². The van der Waals surface area contributed by atoms with Gasteiger partial charge in [-0.2, -0.15) is 0 Å². The topological polar surface area (TPSA) is 86.8 Å². The molecule has 0 aromatic heterocycles. The standard InChI is InChI=1S/C15H17F2N3O4S/c16-13(17)7-10-8-19(6-5-18-10)14(21)9-20-15(22)11-3-1-2-4-12(11)25(20,23)24/h1-4,10,13,18H,5-9H2. The summed E-state index contributed by atoms with van der Waals surface area (Å²) in [6, 6.07) is 5.20. The van der Waals surface area contributed by atoms with Crippen molar-refractivity contribution in [2.75, 3.05) is 26.2 Å². The van der Waals surface area contributed by atoms with E-state index in [2.05, 4.69) is 5.32 Å². The third-order valence-corrected chi connectivity index (χ3v) is 6.05. The predicted octanol–water partition coefficient (Wildman–Crippen LogP) is 0.287. The molecule has 2 aliphatic rings. The van der Waals surface area contributed by atoms with E-state index >= 15 is 0 Å². The maximum absolute atomic E-state index is 12.5. The Hall–Kier alpha value is -2.07. The van der Waals surface area contributed by atoms with E-state index in [1.54, 1.807) is 6.07 Å². The largest absolute Gasteiger partial charge is 0.338 e. The molecule has 1 unspecified atom stereocenters. The molecule has 0 saturated carbocycles. The molecule has 1 aromatic carbocycles. The monoisotopic (exact) mass is 373 g/mol. The molecule has 0 bridgehead atoms. The van der Waals surface area contributed by atoms with Crippen molar-refractivity contribution < 1.29 is 26.8 Å². The van der Waals surface area contributed by atoms with Crippen LogP contribution >= 0.6 is 0 Å². The Bertz CT molecular complexity index is 800. The number of carbonyl (C=O) groups is 2. The molecule has 1 fully saturated rings. The number of piperazine rings is 1. The molecule has 2 aliphatic heterocycles. The minimum absolute atomic E-state index is 0.0335. The zero-order valence-corrected chi connectivity index (χ0v) is 14.0. The Morgan fingerprint density at radius 2 is 2.04 bits per heavy atom. The normalized spacial score (nSPS) is 22.4. The summed E-state index contributed by atoms with van der Waals surface area (Å²) in [6.45, 7) is 0.0348. The van der Waals surface area contributed by atoms with Gasteiger partial charge in [0.15, 0.2) is 0 Å². The van der Waals surface area contributed by atoms with Gasteiger partial charge in [-0.3, -0.25) is 9.59 Å². The number of amides is 2. The third-order valence-electron chi connectivity index (χ3n) is 4.26. The van der Waals surface area contributed by atoms with Gasteiger partial charge >= 0.3 is 0 Å². The van der Waals surface area contributed by atoms with E-state index < -0.39 is 47.3 Å². The molecule has 10 heteroatoms. The first-order chi connectivity index (χ1) is 11.8. The van der Waals surface area contributed by atoms with Crippen molar-refractivity contribution in [2.24, 2.45) is 0 Å². The third kappa shape index (κ3) is 3.36. The lowest BCUT2D eigenvalue weighted by Crippen LogP contribution is -2.55. The van der Waals surface area contributed by atoms with Crippen LogP contribution in [0.25, 0.3) is 0 Å². The van der Waals surface area contributed by atoms with Gasteiger partial charge in [0.2, 0.25) is 12.3 Å². The second-order valence-corrected chi connectivity index (χ2v) is 7.76. The fraction of sp³-hybridized carbons (Fsp3) is 0.467. The summed E-state index contributed by atoms with van der Waals surface area (Å²) in [4.78, 5) is 25.9. The SMILES string of the molecule is O=C(CN1C(=O)c2ccccc2S1(=O)=O)N1CCNC(CC(F)F)C1. The number of hydrogen-bond donors (Lipinski definition) is 1. The summed E-state index contributed by atoms with van der Waals surface area (Å²) in [7, 11) is -4.06. The van der Waals surface area contributed by atoms with Crippen molar-refractivity contribution in [3.63, 3.8) is 0 Å². The van der Waals surface area contributed by atoms with Crippen molar-refractivity contribution in [1.29, 1.82) is 0 Å². The van der Waals surface area contributed by atoms with Crippen molar-refractivity contribution in [3.8, 4) is 0 Å². The van der Waals surface area contributed by atoms with Crippen molar-refractivity contribution in [2.45, 2.75) is 23.8 Å². The van der Waals surface area contributed by atoms with E-state index in [0.717, 1.165) is 0 Å². The van der Waals surface area contributed by atoms with Gasteiger partial charge in [0.1, 0.15) is 11.4 Å². The minimum atomic E-state index is -4.06. The zero-order valence-electron chi connectivity index (χ0n) is 13.2. The Labute approximate surface area is 143 Å². The summed E-state index contributed by atoms with van der Waals surface area (Å²) < 4.78 is 50.4. The van der Waals surface area contributed by atoms with E-state index in [1.807, 2.05) is 0 Å². The second kappa shape index (κ2) is 6.68. The van der Waals surface area contributed by atoms with Crippen LogP contribution in [-0.2, 0) is 14.8 Å². The minimum Gasteiger partial charge on any atom is -0.338 e. The van der Waals surface area contributed by atoms with Crippen LogP contribution in [0, 0.1) is 0 Å². The molecule has 0 aliphatic carbocycles. The molecule has 1 aromatic rings. The Balaban J connectivity index is 1.72. The Morgan fingerprint density at radius 1 is 1.32 bits per heavy atom. The van der Waals surface area contributed by atoms with E-state index in [0.29, 0.717) is 10.8 Å². The number of hydrogen-bond acceptors (Lipinski definition) is 5. The number of halogens is 2. The molecular formula is C15H17F2N3O4S. The molecule has 1 N–H and O–H groups in total. The molecule has 2 heterocycles. The number of alkyl halides is 2. The van der Waals surface area contributed by atoms with Gasteiger partial charge in [0.05, 0.1) is 5.56 Å². The van der Waals surface area contributed by atoms with Gasteiger partial charge in [0, 0.05) is 32.1 Å². The summed E-state index contributed by atoms with van der Waals surface area (Å²) >= 11 is 0. The van der Waals surface area contributed by atoms with Crippen LogP contribution < -0.4 is 5.32 Å². The molecule has 0 spiro atoms. The number of nitrogens with one attached hydrogen (secondary N) is 1. The van der Waals surface area contributed by atoms with E-state index in [9.17, 15) is 26.8 Å². The second-order valence-electron chi connectivity index (χ2n) is 5.93. The lowest BCUT2D eigenvalue weighted by Gasteiger charge is -2.34. The summed E-state index contributed by atoms with van der Waals surface area (Å²) in [5.41, 5.74) is 0.0335. The van der Waals surface area contributed by atoms with E-state index in [4.69, 9.17) is 0 Å². The van der Waals surface area contributed by atoms with Crippen LogP contribution in [0.15, 0.2) is 29.2 Å². The van der Waals surface area contributed by atoms with E-state index in [1.165, 1.54) is 23.1 Å². The number of nitrogens with zero attached hydrogens (tertiary/aromatic N) is 2. The summed E-state index contributed by atoms with van der Waals surface area (Å²) in [6.07, 6.45) is -2.89. The summed E-state index contributed by atoms with van der Waals surface area (Å²) in [5.74, 6) is -1.33. The first kappa shape index (κ1) is 17.7. The number of benzene rings is 1. The van der Waals surface area contributed by atoms with Crippen LogP contribution in [0.2, 0.25) is 0 Å². The van der Waals surface area contributed by atoms with Crippen molar-refractivity contribution in [1.82, 2.24) is 14.5 Å². The Morgan fingerprint density at radius 3 is 2.72 bits per heavy atom. The fourth-order valence-corrected chi connectivity index (χ4v) is 4.55. The number of rotatable bonds is 4. The van der Waals surface area contributed by atoms with Gasteiger partial charge in [0.25, 0.3) is 15.9 Å². The first-order valence-corrected chi connectivity index (χ1v) is 9.20. The highest BCUT2D eigenvalue weighted by molar-refractivity contribution is 7.90. The lowest BCUT2D eigenvalue weighted by molar-refractivity contribution is -0.132. The average Bonchev–Trinajstić information content (AvgIpc) is 2.76. The molecule has 2 amide bonds. The first-order valence-electron chi connectivity index (χ1n) is 7.76. The number of carbonyl (C=O) groups excluding carboxylic acids is 2. The maximum atomic E-state index is 12.5. The molecule has 0 radical (unpaired) electrons. The van der Waals surface area contributed by atoms with Gasteiger partial charge in [-0.05, 0) is 12.1 Å². The maximum Gasteiger partial charge on any atom is 0.269 e. The van der Waals surface area contributed by atoms with Gasteiger partial charge in [-0.15, -0.1) is 0 Å². The summed E-state index contributed by atoms with van der Waals surface area (Å²) in [5, 5.41) is 2.90.